The molecular weight excluding hydrogens is 624 g/mol. The molecule has 49 heavy (non-hydrogen) atoms. The second-order valence-electron chi connectivity index (χ2n) is 13.3. The Bertz CT molecular complexity index is 1400. The highest BCUT2D eigenvalue weighted by molar-refractivity contribution is 5.95. The number of amides is 5. The van der Waals surface area contributed by atoms with Gasteiger partial charge in [0.15, 0.2) is 0 Å². The van der Waals surface area contributed by atoms with Crippen molar-refractivity contribution >= 4 is 29.5 Å². The molecule has 0 aromatic heterocycles. The molecule has 12 N–H and O–H groups in total. The second-order valence-corrected chi connectivity index (χ2v) is 13.3. The van der Waals surface area contributed by atoms with Crippen molar-refractivity contribution in [1.82, 2.24) is 21.3 Å². The lowest BCUT2D eigenvalue weighted by Gasteiger charge is -2.27. The highest BCUT2D eigenvalue weighted by Crippen LogP contribution is 2.22. The highest BCUT2D eigenvalue weighted by atomic mass is 16.2. The molecule has 268 valence electrons. The van der Waals surface area contributed by atoms with E-state index in [1.165, 1.54) is 0 Å². The van der Waals surface area contributed by atoms with Crippen LogP contribution in [0.15, 0.2) is 48.5 Å². The molecule has 3 aliphatic heterocycles. The molecule has 5 atom stereocenters. The first-order chi connectivity index (χ1) is 23.4. The zero-order valence-electron chi connectivity index (χ0n) is 28.7. The molecule has 0 fully saturated rings. The predicted octanol–water partition coefficient (Wildman–Crippen LogP) is 0.508. The van der Waals surface area contributed by atoms with Gasteiger partial charge in [0.05, 0.1) is 6.04 Å². The molecule has 5 rings (SSSR count). The minimum atomic E-state index is -1.02. The summed E-state index contributed by atoms with van der Waals surface area (Å²) in [4.78, 5) is 66.8. The Morgan fingerprint density at radius 2 is 1.08 bits per heavy atom. The van der Waals surface area contributed by atoms with Crippen molar-refractivity contribution in [3.8, 4) is 11.1 Å². The SMILES string of the molecule is CC(C)C[C@@H]1NC(=O)[C@H](CCCCN)NC(=O)[C@H](CCCCN)NC(=O)[C@@H](N)Cc2ccc(cc2)-c2ccc(cc2)C[C@@H](C(N)=O)NC1=O. The monoisotopic (exact) mass is 678 g/mol. The van der Waals surface area contributed by atoms with Crippen molar-refractivity contribution in [2.45, 2.75) is 102 Å². The maximum Gasteiger partial charge on any atom is 0.243 e. The van der Waals surface area contributed by atoms with Crippen molar-refractivity contribution < 1.29 is 24.0 Å². The molecule has 0 unspecified atom stereocenters. The van der Waals surface area contributed by atoms with Gasteiger partial charge in [-0.25, -0.2) is 0 Å². The number of rotatable bonds is 11. The number of hydrogen-bond donors (Lipinski definition) is 8. The number of primary amides is 1. The van der Waals surface area contributed by atoms with Gasteiger partial charge in [0.25, 0.3) is 0 Å². The summed E-state index contributed by atoms with van der Waals surface area (Å²) in [6.45, 7) is 4.63. The smallest absolute Gasteiger partial charge is 0.243 e. The van der Waals surface area contributed by atoms with Gasteiger partial charge in [0.2, 0.25) is 29.5 Å². The molecule has 2 aromatic rings. The third kappa shape index (κ3) is 12.6. The van der Waals surface area contributed by atoms with Crippen molar-refractivity contribution in [3.63, 3.8) is 0 Å². The van der Waals surface area contributed by atoms with Crippen molar-refractivity contribution in [2.75, 3.05) is 13.1 Å². The minimum absolute atomic E-state index is 0.00355. The lowest BCUT2D eigenvalue weighted by Crippen LogP contribution is -2.59. The first kappa shape index (κ1) is 39.1. The van der Waals surface area contributed by atoms with Crippen LogP contribution in [0.5, 0.6) is 0 Å². The number of nitrogens with one attached hydrogen (secondary N) is 4. The zero-order valence-corrected chi connectivity index (χ0v) is 28.7. The summed E-state index contributed by atoms with van der Waals surface area (Å²) >= 11 is 0. The van der Waals surface area contributed by atoms with E-state index in [1.54, 1.807) is 0 Å². The number of carbonyl (C=O) groups excluding carboxylic acids is 5. The van der Waals surface area contributed by atoms with Crippen LogP contribution in [-0.4, -0.2) is 72.8 Å². The third-order valence-corrected chi connectivity index (χ3v) is 8.63. The van der Waals surface area contributed by atoms with Crippen LogP contribution < -0.4 is 44.2 Å². The number of benzene rings is 2. The molecule has 2 aromatic carbocycles. The van der Waals surface area contributed by atoms with Crippen LogP contribution >= 0.6 is 0 Å². The Labute approximate surface area is 289 Å². The summed E-state index contributed by atoms with van der Waals surface area (Å²) in [7, 11) is 0. The molecule has 4 bridgehead atoms. The van der Waals surface area contributed by atoms with Crippen LogP contribution in [0.4, 0.5) is 0 Å². The normalized spacial score (nSPS) is 22.7. The van der Waals surface area contributed by atoms with Crippen LogP contribution in [0.1, 0.15) is 69.9 Å². The van der Waals surface area contributed by atoms with E-state index in [0.29, 0.717) is 45.2 Å². The van der Waals surface area contributed by atoms with Gasteiger partial charge >= 0.3 is 0 Å². The first-order valence-corrected chi connectivity index (χ1v) is 17.3. The number of nitrogens with two attached hydrogens (primary N) is 4. The summed E-state index contributed by atoms with van der Waals surface area (Å²) in [5.74, 6) is -2.87. The highest BCUT2D eigenvalue weighted by Gasteiger charge is 2.32. The molecule has 0 aliphatic carbocycles. The van der Waals surface area contributed by atoms with E-state index in [-0.39, 0.29) is 31.6 Å². The molecule has 0 spiro atoms. The standard InChI is InChI=1S/C36H54N8O5/c1-22(2)19-31-36(49)43-30(32(40)45)21-24-11-15-26(16-12-24)25-13-9-23(10-14-25)20-27(39)33(46)41-28(7-3-5-17-37)34(47)42-29(35(48)44-31)8-4-6-18-38/h9-16,22,27-31H,3-8,17-21,37-39H2,1-2H3,(H2,40,45)(H,41,46)(H,42,47)(H,43,49)(H,44,48)/t27-,28-,29-,30-,31-/m0/s1. The number of hydrogen-bond acceptors (Lipinski definition) is 8. The fourth-order valence-electron chi connectivity index (χ4n) is 5.79. The molecule has 13 heteroatoms. The van der Waals surface area contributed by atoms with Gasteiger partial charge in [-0.15, -0.1) is 0 Å². The average molecular weight is 679 g/mol. The second kappa shape index (κ2) is 19.6. The van der Waals surface area contributed by atoms with Gasteiger partial charge in [-0.2, -0.15) is 0 Å². The van der Waals surface area contributed by atoms with Gasteiger partial charge < -0.3 is 44.2 Å². The molecular formula is C36H54N8O5. The zero-order chi connectivity index (χ0) is 35.9. The average Bonchev–Trinajstić information content (AvgIpc) is 3.06. The van der Waals surface area contributed by atoms with E-state index in [9.17, 15) is 24.0 Å². The molecule has 3 heterocycles. The van der Waals surface area contributed by atoms with Gasteiger partial charge in [0, 0.05) is 6.42 Å². The van der Waals surface area contributed by atoms with E-state index < -0.39 is 59.7 Å². The van der Waals surface area contributed by atoms with Crippen LogP contribution in [0, 0.1) is 5.92 Å². The maximum atomic E-state index is 13.8. The van der Waals surface area contributed by atoms with Gasteiger partial charge in [-0.3, -0.25) is 24.0 Å². The molecule has 0 saturated heterocycles. The summed E-state index contributed by atoms with van der Waals surface area (Å²) in [5, 5.41) is 11.1. The fraction of sp³-hybridized carbons (Fsp3) is 0.528. The summed E-state index contributed by atoms with van der Waals surface area (Å²) in [6, 6.07) is 10.3. The predicted molar refractivity (Wildman–Crippen MR) is 189 cm³/mol. The quantitative estimate of drug-likeness (QED) is 0.155. The van der Waals surface area contributed by atoms with Crippen molar-refractivity contribution in [3.05, 3.63) is 59.7 Å². The van der Waals surface area contributed by atoms with E-state index in [0.717, 1.165) is 22.3 Å². The van der Waals surface area contributed by atoms with E-state index in [4.69, 9.17) is 22.9 Å². The van der Waals surface area contributed by atoms with Crippen molar-refractivity contribution in [1.29, 1.82) is 0 Å². The van der Waals surface area contributed by atoms with Crippen molar-refractivity contribution in [2.24, 2.45) is 28.9 Å². The Morgan fingerprint density at radius 3 is 1.53 bits per heavy atom. The fourth-order valence-corrected chi connectivity index (χ4v) is 5.79. The number of unbranched alkanes of at least 4 members (excludes halogenated alkanes) is 2. The minimum Gasteiger partial charge on any atom is -0.368 e. The molecule has 0 radical (unpaired) electrons. The Hall–Kier alpha value is -4.33. The molecule has 3 aliphatic rings. The Morgan fingerprint density at radius 1 is 0.653 bits per heavy atom. The maximum absolute atomic E-state index is 13.8. The lowest BCUT2D eigenvalue weighted by atomic mass is 9.97. The summed E-state index contributed by atoms with van der Waals surface area (Å²) < 4.78 is 0. The number of fused-ring (bicyclic) bond motifs is 2. The molecule has 0 saturated carbocycles. The van der Waals surface area contributed by atoms with E-state index >= 15 is 0 Å². The molecule has 5 amide bonds. The molecule has 13 nitrogen and oxygen atoms in total. The summed E-state index contributed by atoms with van der Waals surface area (Å²) in [5.41, 5.74) is 26.9. The van der Waals surface area contributed by atoms with E-state index in [2.05, 4.69) is 21.3 Å². The summed E-state index contributed by atoms with van der Waals surface area (Å²) in [6.07, 6.45) is 3.57. The van der Waals surface area contributed by atoms with Gasteiger partial charge in [0.1, 0.15) is 24.2 Å². The van der Waals surface area contributed by atoms with Crippen LogP contribution in [-0.2, 0) is 36.8 Å². The largest absolute Gasteiger partial charge is 0.368 e. The Balaban J connectivity index is 2.00. The topological polar surface area (TPSA) is 238 Å². The Kier molecular flexibility index (Phi) is 15.7. The van der Waals surface area contributed by atoms with E-state index in [1.807, 2.05) is 62.4 Å². The number of carbonyl (C=O) groups is 5. The van der Waals surface area contributed by atoms with Crippen LogP contribution in [0.3, 0.4) is 0 Å². The third-order valence-electron chi connectivity index (χ3n) is 8.63. The van der Waals surface area contributed by atoms with Gasteiger partial charge in [-0.1, -0.05) is 62.4 Å². The first-order valence-electron chi connectivity index (χ1n) is 17.3. The van der Waals surface area contributed by atoms with Crippen LogP contribution in [0.2, 0.25) is 0 Å². The lowest BCUT2D eigenvalue weighted by molar-refractivity contribution is -0.135. The van der Waals surface area contributed by atoms with Crippen LogP contribution in [0.25, 0.3) is 11.1 Å². The van der Waals surface area contributed by atoms with Gasteiger partial charge in [-0.05, 0) is 92.6 Å².